The second-order valence-electron chi connectivity index (χ2n) is 4.96. The molecular formula is C13H16ClN3O3. The number of anilines is 1. The fraction of sp³-hybridized carbons (Fsp3) is 0.462. The molecule has 1 atom stereocenters. The largest absolute Gasteiger partial charge is 0.316 e. The Hall–Kier alpha value is -1.66. The lowest BCUT2D eigenvalue weighted by Crippen LogP contribution is -2.35. The van der Waals surface area contributed by atoms with Gasteiger partial charge in [0.1, 0.15) is 0 Å². The number of rotatable bonds is 2. The van der Waals surface area contributed by atoms with Gasteiger partial charge in [-0.2, -0.15) is 0 Å². The Morgan fingerprint density at radius 2 is 2.25 bits per heavy atom. The van der Waals surface area contributed by atoms with Gasteiger partial charge in [-0.05, 0) is 25.5 Å². The van der Waals surface area contributed by atoms with E-state index in [1.807, 2.05) is 0 Å². The van der Waals surface area contributed by atoms with Crippen LogP contribution >= 0.6 is 12.4 Å². The lowest BCUT2D eigenvalue weighted by Gasteiger charge is -2.20. The van der Waals surface area contributed by atoms with Crippen molar-refractivity contribution in [3.63, 3.8) is 0 Å². The summed E-state index contributed by atoms with van der Waals surface area (Å²) in [6.07, 6.45) is 1.41. The smallest absolute Gasteiger partial charge is 0.274 e. The maximum Gasteiger partial charge on any atom is 0.274 e. The third-order valence-corrected chi connectivity index (χ3v) is 3.88. The highest BCUT2D eigenvalue weighted by Gasteiger charge is 2.34. The number of nitrogens with zero attached hydrogens (tertiary/aromatic N) is 2. The molecule has 108 valence electrons. The first kappa shape index (κ1) is 14.7. The maximum absolute atomic E-state index is 12.4. The zero-order valence-electron chi connectivity index (χ0n) is 10.9. The topological polar surface area (TPSA) is 75.5 Å². The zero-order valence-corrected chi connectivity index (χ0v) is 11.7. The summed E-state index contributed by atoms with van der Waals surface area (Å²) in [5.41, 5.74) is 1.52. The minimum Gasteiger partial charge on any atom is -0.316 e. The Bertz CT molecular complexity index is 544. The van der Waals surface area contributed by atoms with Crippen molar-refractivity contribution in [2.24, 2.45) is 5.92 Å². The van der Waals surface area contributed by atoms with Crippen LogP contribution in [0.25, 0.3) is 0 Å². The average Bonchev–Trinajstić information content (AvgIpc) is 3.06. The molecule has 1 unspecified atom stereocenters. The van der Waals surface area contributed by atoms with Crippen molar-refractivity contribution in [2.75, 3.05) is 24.5 Å². The fourth-order valence-electron chi connectivity index (χ4n) is 2.90. The second-order valence-corrected chi connectivity index (χ2v) is 4.96. The van der Waals surface area contributed by atoms with E-state index in [4.69, 9.17) is 0 Å². The molecule has 1 amide bonds. The molecule has 1 saturated heterocycles. The summed E-state index contributed by atoms with van der Waals surface area (Å²) < 4.78 is 0. The number of hydrogen-bond donors (Lipinski definition) is 1. The molecule has 20 heavy (non-hydrogen) atoms. The number of nitro groups is 1. The summed E-state index contributed by atoms with van der Waals surface area (Å²) in [5.74, 6) is 0.0921. The summed E-state index contributed by atoms with van der Waals surface area (Å²) in [6, 6.07) is 4.95. The van der Waals surface area contributed by atoms with E-state index in [2.05, 4.69) is 5.32 Å². The number of fused-ring (bicyclic) bond motifs is 1. The number of hydrogen-bond acceptors (Lipinski definition) is 4. The van der Waals surface area contributed by atoms with Crippen molar-refractivity contribution < 1.29 is 9.72 Å². The lowest BCUT2D eigenvalue weighted by molar-refractivity contribution is -0.385. The molecule has 3 rings (SSSR count). The van der Waals surface area contributed by atoms with Crippen LogP contribution < -0.4 is 10.2 Å². The number of nitrogens with one attached hydrogen (secondary N) is 1. The lowest BCUT2D eigenvalue weighted by atomic mass is 10.1. The standard InChI is InChI=1S/C13H15N3O3.ClH/c17-13(9-4-6-14-8-9)15-7-5-10-11(15)2-1-3-12(10)16(18)19;/h1-3,9,14H,4-8H2;1H. The molecule has 0 spiro atoms. The van der Waals surface area contributed by atoms with Gasteiger partial charge in [-0.3, -0.25) is 14.9 Å². The molecule has 1 aromatic carbocycles. The molecule has 2 aliphatic heterocycles. The number of nitro benzene ring substituents is 1. The maximum atomic E-state index is 12.4. The Labute approximate surface area is 122 Å². The van der Waals surface area contributed by atoms with Crippen LogP contribution in [-0.4, -0.2) is 30.5 Å². The number of halogens is 1. The average molecular weight is 298 g/mol. The van der Waals surface area contributed by atoms with Gasteiger partial charge in [0, 0.05) is 19.2 Å². The molecular weight excluding hydrogens is 282 g/mol. The van der Waals surface area contributed by atoms with Crippen LogP contribution in [0.1, 0.15) is 12.0 Å². The van der Waals surface area contributed by atoms with Crippen LogP contribution in [0, 0.1) is 16.0 Å². The van der Waals surface area contributed by atoms with Gasteiger partial charge in [-0.25, -0.2) is 0 Å². The molecule has 0 aromatic heterocycles. The summed E-state index contributed by atoms with van der Waals surface area (Å²) in [7, 11) is 0. The molecule has 7 heteroatoms. The minimum absolute atomic E-state index is 0. The third kappa shape index (κ3) is 2.36. The molecule has 0 radical (unpaired) electrons. The van der Waals surface area contributed by atoms with Crippen LogP contribution in [0.5, 0.6) is 0 Å². The van der Waals surface area contributed by atoms with Crippen LogP contribution in [0.15, 0.2) is 18.2 Å². The Kier molecular flexibility index (Phi) is 4.25. The van der Waals surface area contributed by atoms with Gasteiger partial charge in [0.15, 0.2) is 0 Å². The van der Waals surface area contributed by atoms with E-state index in [-0.39, 0.29) is 34.8 Å². The van der Waals surface area contributed by atoms with Gasteiger partial charge in [-0.15, -0.1) is 12.4 Å². The number of carbonyl (C=O) groups is 1. The van der Waals surface area contributed by atoms with Crippen LogP contribution in [0.4, 0.5) is 11.4 Å². The highest BCUT2D eigenvalue weighted by molar-refractivity contribution is 5.98. The van der Waals surface area contributed by atoms with E-state index < -0.39 is 0 Å². The molecule has 2 heterocycles. The summed E-state index contributed by atoms with van der Waals surface area (Å²) in [4.78, 5) is 24.7. The Morgan fingerprint density at radius 1 is 1.45 bits per heavy atom. The van der Waals surface area contributed by atoms with E-state index in [1.165, 1.54) is 6.07 Å². The van der Waals surface area contributed by atoms with E-state index in [0.717, 1.165) is 13.0 Å². The van der Waals surface area contributed by atoms with Gasteiger partial charge in [0.05, 0.1) is 22.1 Å². The van der Waals surface area contributed by atoms with Crippen molar-refractivity contribution in [3.8, 4) is 0 Å². The Morgan fingerprint density at radius 3 is 2.90 bits per heavy atom. The molecule has 1 N–H and O–H groups in total. The predicted octanol–water partition coefficient (Wildman–Crippen LogP) is 1.52. The van der Waals surface area contributed by atoms with Crippen LogP contribution in [-0.2, 0) is 11.2 Å². The van der Waals surface area contributed by atoms with E-state index in [1.54, 1.807) is 17.0 Å². The summed E-state index contributed by atoms with van der Waals surface area (Å²) in [5, 5.41) is 14.2. The van der Waals surface area contributed by atoms with Crippen molar-refractivity contribution in [2.45, 2.75) is 12.8 Å². The van der Waals surface area contributed by atoms with E-state index in [9.17, 15) is 14.9 Å². The zero-order chi connectivity index (χ0) is 13.4. The quantitative estimate of drug-likeness (QED) is 0.663. The highest BCUT2D eigenvalue weighted by Crippen LogP contribution is 2.35. The summed E-state index contributed by atoms with van der Waals surface area (Å²) >= 11 is 0. The van der Waals surface area contributed by atoms with Crippen LogP contribution in [0.2, 0.25) is 0 Å². The third-order valence-electron chi connectivity index (χ3n) is 3.88. The first-order valence-electron chi connectivity index (χ1n) is 6.47. The van der Waals surface area contributed by atoms with Crippen molar-refractivity contribution in [1.29, 1.82) is 0 Å². The SMILES string of the molecule is Cl.O=C(C1CCNC1)N1CCc2c1cccc2[N+](=O)[O-]. The molecule has 0 aliphatic carbocycles. The highest BCUT2D eigenvalue weighted by atomic mass is 35.5. The van der Waals surface area contributed by atoms with Gasteiger partial charge in [-0.1, -0.05) is 6.07 Å². The van der Waals surface area contributed by atoms with E-state index >= 15 is 0 Å². The monoisotopic (exact) mass is 297 g/mol. The fourth-order valence-corrected chi connectivity index (χ4v) is 2.90. The molecule has 6 nitrogen and oxygen atoms in total. The van der Waals surface area contributed by atoms with Crippen molar-refractivity contribution in [3.05, 3.63) is 33.9 Å². The first-order chi connectivity index (χ1) is 9.18. The predicted molar refractivity (Wildman–Crippen MR) is 77.4 cm³/mol. The molecule has 0 bridgehead atoms. The van der Waals surface area contributed by atoms with Crippen molar-refractivity contribution in [1.82, 2.24) is 5.32 Å². The molecule has 0 saturated carbocycles. The molecule has 1 fully saturated rings. The minimum atomic E-state index is -0.371. The normalized spacial score (nSPS) is 20.4. The van der Waals surface area contributed by atoms with Gasteiger partial charge >= 0.3 is 0 Å². The number of amides is 1. The molecule has 1 aromatic rings. The van der Waals surface area contributed by atoms with Gasteiger partial charge in [0.2, 0.25) is 5.91 Å². The Balaban J connectivity index is 0.00000147. The number of benzene rings is 1. The van der Waals surface area contributed by atoms with Gasteiger partial charge < -0.3 is 10.2 Å². The van der Waals surface area contributed by atoms with E-state index in [0.29, 0.717) is 30.8 Å². The second kappa shape index (κ2) is 5.76. The molecule has 2 aliphatic rings. The number of carbonyl (C=O) groups excluding carboxylic acids is 1. The summed E-state index contributed by atoms with van der Waals surface area (Å²) in [6.45, 7) is 2.13. The van der Waals surface area contributed by atoms with Gasteiger partial charge in [0.25, 0.3) is 5.69 Å². The van der Waals surface area contributed by atoms with Crippen LogP contribution in [0.3, 0.4) is 0 Å². The van der Waals surface area contributed by atoms with Crippen molar-refractivity contribution >= 4 is 29.7 Å². The first-order valence-corrected chi connectivity index (χ1v) is 6.47.